The monoisotopic (exact) mass is 461 g/mol. The predicted octanol–water partition coefficient (Wildman–Crippen LogP) is -3.93. The summed E-state index contributed by atoms with van der Waals surface area (Å²) in [6, 6.07) is 7.14. The first kappa shape index (κ1) is 26.9. The molecule has 9 nitrogen and oxygen atoms in total. The number of amides is 3. The Morgan fingerprint density at radius 2 is 1.87 bits per heavy atom. The number of fused-ring (bicyclic) bond motifs is 1. The Hall–Kier alpha value is -1.11. The molecule has 3 atom stereocenters. The van der Waals surface area contributed by atoms with E-state index in [1.807, 2.05) is 6.07 Å². The number of thioether (sulfide) groups is 1. The zero-order chi connectivity index (χ0) is 21.8. The van der Waals surface area contributed by atoms with Crippen LogP contribution < -0.4 is 66.5 Å². The van der Waals surface area contributed by atoms with Gasteiger partial charge in [0, 0.05) is 18.8 Å². The first-order chi connectivity index (χ1) is 13.6. The van der Waals surface area contributed by atoms with Crippen LogP contribution in [0.15, 0.2) is 30.3 Å². The van der Waals surface area contributed by atoms with Crippen LogP contribution in [0.25, 0.3) is 0 Å². The van der Waals surface area contributed by atoms with E-state index in [0.29, 0.717) is 5.75 Å². The maximum Gasteiger partial charge on any atom is 1.00 e. The van der Waals surface area contributed by atoms with E-state index in [1.165, 1.54) is 21.6 Å². The van der Waals surface area contributed by atoms with Crippen molar-refractivity contribution in [2.75, 3.05) is 20.7 Å². The van der Waals surface area contributed by atoms with Crippen LogP contribution in [0.3, 0.4) is 0 Å². The molecule has 30 heavy (non-hydrogen) atoms. The van der Waals surface area contributed by atoms with Gasteiger partial charge in [0.15, 0.2) is 6.61 Å². The van der Waals surface area contributed by atoms with Gasteiger partial charge in [-0.25, -0.2) is 0 Å². The van der Waals surface area contributed by atoms with E-state index >= 15 is 0 Å². The molecule has 0 saturated carbocycles. The first-order valence-electron chi connectivity index (χ1n) is 8.88. The molecule has 3 rings (SSSR count). The number of carboxylic acid groups (broad SMARTS) is 1. The van der Waals surface area contributed by atoms with Crippen LogP contribution >= 0.6 is 11.8 Å². The number of benzene rings is 1. The van der Waals surface area contributed by atoms with E-state index < -0.39 is 40.0 Å². The summed E-state index contributed by atoms with van der Waals surface area (Å²) < 4.78 is 4.67. The van der Waals surface area contributed by atoms with E-state index in [1.54, 1.807) is 52.2 Å². The third-order valence-corrected chi connectivity index (χ3v) is 5.88. The summed E-state index contributed by atoms with van der Waals surface area (Å²) in [6.45, 7) is 3.29. The minimum Gasteiger partial charge on any atom is -0.548 e. The van der Waals surface area contributed by atoms with Crippen LogP contribution in [0.1, 0.15) is 13.8 Å². The van der Waals surface area contributed by atoms with Crippen molar-refractivity contribution in [1.29, 1.82) is 0 Å². The molecule has 0 aromatic heterocycles. The number of para-hydroxylation sites is 1. The van der Waals surface area contributed by atoms with Gasteiger partial charge in [-0.1, -0.05) is 18.2 Å². The molecule has 158 valence electrons. The fourth-order valence-electron chi connectivity index (χ4n) is 3.01. The normalized spacial score (nSPS) is 22.9. The third kappa shape index (κ3) is 6.44. The number of β-lactam (4-membered cyclic amide) rings is 1. The fourth-order valence-corrected chi connectivity index (χ4v) is 4.63. The number of rotatable bonds is 6. The number of carboxylic acids is 1. The zero-order valence-corrected chi connectivity index (χ0v) is 21.6. The molecule has 1 aromatic rings. The van der Waals surface area contributed by atoms with Crippen molar-refractivity contribution < 1.29 is 80.4 Å². The van der Waals surface area contributed by atoms with Crippen molar-refractivity contribution in [3.05, 3.63) is 30.3 Å². The molecule has 0 aliphatic carbocycles. The molecule has 2 heterocycles. The van der Waals surface area contributed by atoms with Gasteiger partial charge in [0.25, 0.3) is 5.91 Å². The van der Waals surface area contributed by atoms with Gasteiger partial charge in [-0.2, -0.15) is 0 Å². The minimum atomic E-state index is -1.28. The Morgan fingerprint density at radius 3 is 2.37 bits per heavy atom. The van der Waals surface area contributed by atoms with E-state index in [4.69, 9.17) is 4.74 Å². The van der Waals surface area contributed by atoms with Gasteiger partial charge in [0.1, 0.15) is 17.2 Å². The van der Waals surface area contributed by atoms with Crippen molar-refractivity contribution in [1.82, 2.24) is 15.1 Å². The van der Waals surface area contributed by atoms with Gasteiger partial charge in [0.2, 0.25) is 12.3 Å². The smallest absolute Gasteiger partial charge is 0.548 e. The molecule has 2 saturated heterocycles. The summed E-state index contributed by atoms with van der Waals surface area (Å²) >= 11 is 1.35. The number of nitrogens with one attached hydrogen (secondary N) is 1. The summed E-state index contributed by atoms with van der Waals surface area (Å²) in [5.74, 6) is -1.55. The Labute approximate surface area is 222 Å². The Morgan fingerprint density at radius 1 is 1.30 bits per heavy atom. The Balaban J connectivity index is 0.000000674. The molecular weight excluding hydrogens is 437 g/mol. The van der Waals surface area contributed by atoms with Gasteiger partial charge in [0.05, 0.1) is 12.0 Å². The third-order valence-electron chi connectivity index (χ3n) is 4.30. The molecule has 1 N–H and O–H groups in total. The molecule has 2 fully saturated rings. The summed E-state index contributed by atoms with van der Waals surface area (Å²) in [5, 5.41) is 13.5. The van der Waals surface area contributed by atoms with Crippen molar-refractivity contribution in [2.45, 2.75) is 36.1 Å². The molecule has 2 aliphatic heterocycles. The molecule has 1 aromatic carbocycles. The van der Waals surface area contributed by atoms with E-state index in [-0.39, 0.29) is 58.0 Å². The zero-order valence-electron chi connectivity index (χ0n) is 17.7. The number of nitrogens with zero attached hydrogens (tertiary/aromatic N) is 2. The fraction of sp³-hybridized carbons (Fsp3) is 0.474. The molecule has 3 amide bonds. The van der Waals surface area contributed by atoms with Gasteiger partial charge < -0.3 is 29.8 Å². The molecule has 0 unspecified atom stereocenters. The quantitative estimate of drug-likeness (QED) is 0.261. The number of ether oxygens (including phenoxy) is 1. The molecule has 0 spiro atoms. The van der Waals surface area contributed by atoms with E-state index in [9.17, 15) is 24.3 Å². The van der Waals surface area contributed by atoms with Crippen molar-refractivity contribution in [3.63, 3.8) is 0 Å². The summed E-state index contributed by atoms with van der Waals surface area (Å²) in [6.07, 6.45) is 0.750. The number of carbonyl (C=O) groups is 4. The van der Waals surface area contributed by atoms with Crippen LogP contribution in [0.2, 0.25) is 0 Å². The second kappa shape index (κ2) is 11.5. The largest absolute Gasteiger partial charge is 1.00 e. The van der Waals surface area contributed by atoms with Crippen LogP contribution in [0, 0.1) is 0 Å². The van der Waals surface area contributed by atoms with Crippen LogP contribution in [-0.4, -0.2) is 76.9 Å². The van der Waals surface area contributed by atoms with Crippen LogP contribution in [-0.2, 0) is 19.2 Å². The Bertz CT molecular complexity index is 777. The van der Waals surface area contributed by atoms with Gasteiger partial charge >= 0.3 is 51.4 Å². The van der Waals surface area contributed by atoms with Crippen LogP contribution in [0.5, 0.6) is 5.75 Å². The molecule has 0 radical (unpaired) electrons. The van der Waals surface area contributed by atoms with Gasteiger partial charge in [-0.05, 0) is 26.0 Å². The van der Waals surface area contributed by atoms with Gasteiger partial charge in [-0.15, -0.1) is 11.8 Å². The second-order valence-corrected chi connectivity index (χ2v) is 9.07. The topological polar surface area (TPSA) is 119 Å². The molecule has 11 heteroatoms. The van der Waals surface area contributed by atoms with Gasteiger partial charge in [-0.3, -0.25) is 14.4 Å². The average Bonchev–Trinajstić information content (AvgIpc) is 2.93. The average molecular weight is 462 g/mol. The standard InChI is InChI=1S/C16H18N2O5S.C3H7NO.K/c1-16(2)12(15(21)22)18-13(20)11(14(18)24-16)17-10(19)8-23-9-6-4-3-5-7-9;1-4(2)3-5;/h3-7,11-12,14H,8H2,1-2H3,(H,17,19)(H,21,22);3H,1-2H3;/q;;+1/p-1/t11-,12+,14-;;/m1../s1. The first-order valence-corrected chi connectivity index (χ1v) is 9.76. The summed E-state index contributed by atoms with van der Waals surface area (Å²) in [4.78, 5) is 47.7. The molecule has 2 aliphatic rings. The van der Waals surface area contributed by atoms with Crippen molar-refractivity contribution in [3.8, 4) is 5.75 Å². The number of hydrogen-bond acceptors (Lipinski definition) is 7. The number of aliphatic carboxylic acids is 1. The predicted molar refractivity (Wildman–Crippen MR) is 105 cm³/mol. The number of hydrogen-bond donors (Lipinski definition) is 1. The van der Waals surface area contributed by atoms with E-state index in [0.717, 1.165) is 6.41 Å². The Kier molecular flexibility index (Phi) is 10.3. The maximum atomic E-state index is 12.2. The summed E-state index contributed by atoms with van der Waals surface area (Å²) in [7, 11) is 3.38. The number of carbonyl (C=O) groups excluding carboxylic acids is 4. The minimum absolute atomic E-state index is 0. The van der Waals surface area contributed by atoms with Crippen LogP contribution in [0.4, 0.5) is 0 Å². The van der Waals surface area contributed by atoms with Crippen molar-refractivity contribution in [2.24, 2.45) is 0 Å². The molecular formula is C19H24KN3O6S. The maximum absolute atomic E-state index is 12.2. The SMILES string of the molecule is CC1(C)S[C@@H]2[C@H](NC(=O)COc3ccccc3)C(=O)N2[C@H]1C(=O)[O-].CN(C)C=O.[K+]. The molecule has 0 bridgehead atoms. The summed E-state index contributed by atoms with van der Waals surface area (Å²) in [5.41, 5.74) is 0. The van der Waals surface area contributed by atoms with E-state index in [2.05, 4.69) is 5.32 Å². The van der Waals surface area contributed by atoms with Crippen molar-refractivity contribution >= 4 is 36.0 Å². The second-order valence-electron chi connectivity index (χ2n) is 7.29.